The lowest BCUT2D eigenvalue weighted by Crippen LogP contribution is -2.23. The van der Waals surface area contributed by atoms with Gasteiger partial charge in [0.15, 0.2) is 6.61 Å². The number of hydrogen-bond acceptors (Lipinski definition) is 4. The second-order valence-electron chi connectivity index (χ2n) is 6.94. The Morgan fingerprint density at radius 3 is 2.46 bits per heavy atom. The van der Waals surface area contributed by atoms with E-state index in [9.17, 15) is 9.59 Å². The first-order chi connectivity index (χ1) is 13.6. The van der Waals surface area contributed by atoms with Crippen molar-refractivity contribution in [2.75, 3.05) is 17.7 Å². The predicted molar refractivity (Wildman–Crippen MR) is 114 cm³/mol. The summed E-state index contributed by atoms with van der Waals surface area (Å²) in [5.74, 6) is -0.468. The van der Waals surface area contributed by atoms with Crippen molar-refractivity contribution in [2.24, 2.45) is 0 Å². The number of carbonyl (C=O) groups is 2. The quantitative estimate of drug-likeness (QED) is 0.523. The molecule has 2 aromatic carbocycles. The standard InChI is InChI=1S/C23H27NO3S/c1-3-16-7-5-8-17(4-2)23(16)24-21(25)14-27-22(26)15-28-20-12-11-18-9-6-10-19(18)13-20/h5,7-8,11-13H,3-4,6,9-10,14-15H2,1-2H3,(H,24,25). The molecule has 1 N–H and O–H groups in total. The largest absolute Gasteiger partial charge is 0.455 e. The highest BCUT2D eigenvalue weighted by molar-refractivity contribution is 8.00. The molecule has 3 rings (SSSR count). The van der Waals surface area contributed by atoms with Crippen molar-refractivity contribution in [3.8, 4) is 0 Å². The fraction of sp³-hybridized carbons (Fsp3) is 0.391. The van der Waals surface area contributed by atoms with Crippen LogP contribution < -0.4 is 5.32 Å². The van der Waals surface area contributed by atoms with Crippen LogP contribution in [0.15, 0.2) is 41.3 Å². The van der Waals surface area contributed by atoms with Gasteiger partial charge in [0.2, 0.25) is 0 Å². The summed E-state index contributed by atoms with van der Waals surface area (Å²) in [4.78, 5) is 25.4. The number of para-hydroxylation sites is 1. The molecule has 0 atom stereocenters. The summed E-state index contributed by atoms with van der Waals surface area (Å²) in [7, 11) is 0. The monoisotopic (exact) mass is 397 g/mol. The van der Waals surface area contributed by atoms with Gasteiger partial charge in [0.05, 0.1) is 5.75 Å². The van der Waals surface area contributed by atoms with Gasteiger partial charge < -0.3 is 10.1 Å². The molecule has 148 valence electrons. The Bertz CT molecular complexity index is 841. The number of esters is 1. The molecule has 0 radical (unpaired) electrons. The van der Waals surface area contributed by atoms with Crippen molar-refractivity contribution in [1.29, 1.82) is 0 Å². The van der Waals surface area contributed by atoms with E-state index in [1.807, 2.05) is 18.2 Å². The number of ether oxygens (including phenoxy) is 1. The van der Waals surface area contributed by atoms with Gasteiger partial charge in [-0.2, -0.15) is 0 Å². The molecule has 0 aromatic heterocycles. The molecule has 0 bridgehead atoms. The lowest BCUT2D eigenvalue weighted by Gasteiger charge is -2.14. The van der Waals surface area contributed by atoms with Crippen LogP contribution in [0.4, 0.5) is 5.69 Å². The number of benzene rings is 2. The molecule has 1 amide bonds. The van der Waals surface area contributed by atoms with Gasteiger partial charge in [0, 0.05) is 10.6 Å². The van der Waals surface area contributed by atoms with Gasteiger partial charge in [0.25, 0.3) is 5.91 Å². The molecule has 5 heteroatoms. The lowest BCUT2D eigenvalue weighted by molar-refractivity contribution is -0.144. The van der Waals surface area contributed by atoms with Gasteiger partial charge in [-0.1, -0.05) is 38.1 Å². The average Bonchev–Trinajstić information content (AvgIpc) is 3.18. The van der Waals surface area contributed by atoms with Crippen molar-refractivity contribution in [1.82, 2.24) is 0 Å². The molecule has 0 aliphatic heterocycles. The first-order valence-electron chi connectivity index (χ1n) is 9.91. The molecule has 0 unspecified atom stereocenters. The van der Waals surface area contributed by atoms with Crippen LogP contribution in [0.1, 0.15) is 42.5 Å². The van der Waals surface area contributed by atoms with E-state index in [1.165, 1.54) is 29.3 Å². The van der Waals surface area contributed by atoms with E-state index in [-0.39, 0.29) is 24.2 Å². The first kappa shape index (κ1) is 20.5. The number of amides is 1. The molecule has 28 heavy (non-hydrogen) atoms. The van der Waals surface area contributed by atoms with Crippen LogP contribution in [-0.4, -0.2) is 24.2 Å². The van der Waals surface area contributed by atoms with Crippen molar-refractivity contribution in [3.63, 3.8) is 0 Å². The highest BCUT2D eigenvalue weighted by Crippen LogP contribution is 2.27. The van der Waals surface area contributed by atoms with Crippen LogP contribution in [0.5, 0.6) is 0 Å². The van der Waals surface area contributed by atoms with Gasteiger partial charge in [0.1, 0.15) is 0 Å². The zero-order chi connectivity index (χ0) is 19.9. The summed E-state index contributed by atoms with van der Waals surface area (Å²) in [6.07, 6.45) is 5.15. The summed E-state index contributed by atoms with van der Waals surface area (Å²) < 4.78 is 5.17. The Hall–Kier alpha value is -2.27. The fourth-order valence-electron chi connectivity index (χ4n) is 3.55. The second-order valence-corrected chi connectivity index (χ2v) is 7.99. The zero-order valence-electron chi connectivity index (χ0n) is 16.5. The van der Waals surface area contributed by atoms with Crippen LogP contribution in [0, 0.1) is 0 Å². The molecule has 1 aliphatic rings. The van der Waals surface area contributed by atoms with Gasteiger partial charge in [-0.25, -0.2) is 0 Å². The van der Waals surface area contributed by atoms with Crippen LogP contribution in [-0.2, 0) is 40.0 Å². The second kappa shape index (κ2) is 9.78. The molecule has 0 saturated carbocycles. The zero-order valence-corrected chi connectivity index (χ0v) is 17.4. The van der Waals surface area contributed by atoms with Crippen LogP contribution in [0.2, 0.25) is 0 Å². The van der Waals surface area contributed by atoms with E-state index in [1.54, 1.807) is 0 Å². The summed E-state index contributed by atoms with van der Waals surface area (Å²) in [5.41, 5.74) is 5.83. The molecule has 0 spiro atoms. The molecule has 1 aliphatic carbocycles. The number of fused-ring (bicyclic) bond motifs is 1. The molecule has 0 saturated heterocycles. The Kier molecular flexibility index (Phi) is 7.15. The van der Waals surface area contributed by atoms with E-state index in [2.05, 4.69) is 37.4 Å². The number of thioether (sulfide) groups is 1. The smallest absolute Gasteiger partial charge is 0.316 e. The topological polar surface area (TPSA) is 55.4 Å². The Labute approximate surface area is 171 Å². The maximum absolute atomic E-state index is 12.3. The Morgan fingerprint density at radius 1 is 1.04 bits per heavy atom. The highest BCUT2D eigenvalue weighted by atomic mass is 32.2. The third kappa shape index (κ3) is 5.16. The van der Waals surface area contributed by atoms with Crippen LogP contribution in [0.3, 0.4) is 0 Å². The van der Waals surface area contributed by atoms with Crippen molar-refractivity contribution >= 4 is 29.3 Å². The van der Waals surface area contributed by atoms with E-state index < -0.39 is 0 Å². The first-order valence-corrected chi connectivity index (χ1v) is 10.9. The SMILES string of the molecule is CCc1cccc(CC)c1NC(=O)COC(=O)CSc1ccc2c(c1)CCC2. The third-order valence-corrected chi connectivity index (χ3v) is 6.02. The Morgan fingerprint density at radius 2 is 1.75 bits per heavy atom. The minimum Gasteiger partial charge on any atom is -0.455 e. The van der Waals surface area contributed by atoms with E-state index >= 15 is 0 Å². The number of carbonyl (C=O) groups excluding carboxylic acids is 2. The molecular formula is C23H27NO3S. The van der Waals surface area contributed by atoms with E-state index in [4.69, 9.17) is 4.74 Å². The van der Waals surface area contributed by atoms with Crippen molar-refractivity contribution in [3.05, 3.63) is 58.7 Å². The van der Waals surface area contributed by atoms with Gasteiger partial charge in [-0.15, -0.1) is 11.8 Å². The lowest BCUT2D eigenvalue weighted by atomic mass is 10.0. The van der Waals surface area contributed by atoms with Crippen molar-refractivity contribution < 1.29 is 14.3 Å². The number of rotatable bonds is 8. The molecule has 2 aromatic rings. The maximum atomic E-state index is 12.3. The molecule has 0 fully saturated rings. The highest BCUT2D eigenvalue weighted by Gasteiger charge is 2.14. The number of hydrogen-bond donors (Lipinski definition) is 1. The van der Waals surface area contributed by atoms with Gasteiger partial charge in [-0.3, -0.25) is 9.59 Å². The van der Waals surface area contributed by atoms with Crippen LogP contribution in [0.25, 0.3) is 0 Å². The van der Waals surface area contributed by atoms with Crippen molar-refractivity contribution in [2.45, 2.75) is 50.8 Å². The maximum Gasteiger partial charge on any atom is 0.316 e. The summed E-state index contributed by atoms with van der Waals surface area (Å²) in [6.45, 7) is 3.85. The molecule has 4 nitrogen and oxygen atoms in total. The van der Waals surface area contributed by atoms with Crippen LogP contribution >= 0.6 is 11.8 Å². The van der Waals surface area contributed by atoms with E-state index in [0.717, 1.165) is 47.4 Å². The summed E-state index contributed by atoms with van der Waals surface area (Å²) in [5, 5.41) is 2.92. The number of nitrogens with one attached hydrogen (secondary N) is 1. The van der Waals surface area contributed by atoms with Gasteiger partial charge >= 0.3 is 5.97 Å². The number of aryl methyl sites for hydroxylation is 4. The fourth-order valence-corrected chi connectivity index (χ4v) is 4.30. The van der Waals surface area contributed by atoms with E-state index in [0.29, 0.717) is 0 Å². The average molecular weight is 398 g/mol. The minimum atomic E-state index is -0.375. The third-order valence-electron chi connectivity index (χ3n) is 5.05. The Balaban J connectivity index is 1.48. The predicted octanol–water partition coefficient (Wildman–Crippen LogP) is 4.57. The summed E-state index contributed by atoms with van der Waals surface area (Å²) >= 11 is 1.46. The molecule has 0 heterocycles. The summed E-state index contributed by atoms with van der Waals surface area (Å²) in [6, 6.07) is 12.4. The molecular weight excluding hydrogens is 370 g/mol. The normalized spacial score (nSPS) is 12.5. The van der Waals surface area contributed by atoms with Gasteiger partial charge in [-0.05, 0) is 66.5 Å². The minimum absolute atomic E-state index is 0.206. The number of anilines is 1.